The van der Waals surface area contributed by atoms with Crippen molar-refractivity contribution in [3.05, 3.63) is 34.3 Å². The highest BCUT2D eigenvalue weighted by Gasteiger charge is 2.08. The van der Waals surface area contributed by atoms with Gasteiger partial charge in [-0.15, -0.1) is 10.2 Å². The predicted octanol–water partition coefficient (Wildman–Crippen LogP) is 1.13. The van der Waals surface area contributed by atoms with E-state index in [-0.39, 0.29) is 0 Å². The Kier molecular flexibility index (Phi) is 0.913. The summed E-state index contributed by atoms with van der Waals surface area (Å²) >= 11 is 0. The summed E-state index contributed by atoms with van der Waals surface area (Å²) in [6.45, 7) is 0. The Bertz CT molecular complexity index is 474. The van der Waals surface area contributed by atoms with Gasteiger partial charge in [-0.2, -0.15) is 0 Å². The zero-order chi connectivity index (χ0) is 7.97. The minimum atomic E-state index is 0.869. The number of fused-ring (bicyclic) bond motifs is 3. The zero-order valence-electron chi connectivity index (χ0n) is 6.23. The van der Waals surface area contributed by atoms with Crippen LogP contribution in [-0.2, 0) is 0 Å². The molecular formula is C9H5N3. The predicted molar refractivity (Wildman–Crippen MR) is 45.2 cm³/mol. The fraction of sp³-hybridized carbons (Fsp3) is 0. The lowest BCUT2D eigenvalue weighted by molar-refractivity contribution is 1.08. The van der Waals surface area contributed by atoms with E-state index in [1.165, 1.54) is 5.22 Å². The molecule has 0 atom stereocenters. The molecule has 0 fully saturated rings. The number of benzene rings is 1. The summed E-state index contributed by atoms with van der Waals surface area (Å²) in [7, 11) is 0. The third kappa shape index (κ3) is 0.580. The van der Waals surface area contributed by atoms with Gasteiger partial charge in [0, 0.05) is 5.56 Å². The van der Waals surface area contributed by atoms with Crippen LogP contribution in [0, 0.1) is 0 Å². The van der Waals surface area contributed by atoms with Crippen molar-refractivity contribution in [1.29, 1.82) is 0 Å². The largest absolute Gasteiger partial charge is 0.128 e. The number of hydrogen-bond donors (Lipinski definition) is 0. The van der Waals surface area contributed by atoms with E-state index >= 15 is 0 Å². The molecule has 2 aliphatic rings. The molecule has 1 heterocycles. The quantitative estimate of drug-likeness (QED) is 0.538. The highest BCUT2D eigenvalue weighted by atomic mass is 15.4. The summed E-state index contributed by atoms with van der Waals surface area (Å²) in [5.41, 5.74) is 2.04. The van der Waals surface area contributed by atoms with Crippen LogP contribution >= 0.6 is 0 Å². The standard InChI is InChI=1S/C9H5N3/c1-2-6-4-5-8-9(7(6)3-1)11-12-10-8/h1-5H. The second kappa shape index (κ2) is 1.88. The molecule has 1 aromatic rings. The Labute approximate surface area is 68.4 Å². The summed E-state index contributed by atoms with van der Waals surface area (Å²) in [4.78, 5) is 0. The normalized spacial score (nSPS) is 15.3. The van der Waals surface area contributed by atoms with Crippen LogP contribution in [0.1, 0.15) is 5.56 Å². The SMILES string of the molecule is C1=Cc2c3c(ccc2=C1)=NN=N3. The Balaban J connectivity index is 2.57. The van der Waals surface area contributed by atoms with Gasteiger partial charge in [-0.1, -0.05) is 24.3 Å². The van der Waals surface area contributed by atoms with Gasteiger partial charge in [0.1, 0.15) is 11.0 Å². The minimum absolute atomic E-state index is 0.869. The van der Waals surface area contributed by atoms with E-state index in [2.05, 4.69) is 21.5 Å². The van der Waals surface area contributed by atoms with Gasteiger partial charge >= 0.3 is 0 Å². The van der Waals surface area contributed by atoms with E-state index in [4.69, 9.17) is 0 Å². The average molecular weight is 155 g/mol. The zero-order valence-corrected chi connectivity index (χ0v) is 6.23. The maximum absolute atomic E-state index is 3.96. The molecule has 0 N–H and O–H groups in total. The molecule has 56 valence electrons. The monoisotopic (exact) mass is 155 g/mol. The van der Waals surface area contributed by atoms with Crippen LogP contribution in [0.15, 0.2) is 33.6 Å². The number of allylic oxidation sites excluding steroid dienone is 1. The van der Waals surface area contributed by atoms with Gasteiger partial charge in [0.05, 0.1) is 0 Å². The van der Waals surface area contributed by atoms with Gasteiger partial charge in [-0.05, 0) is 16.5 Å². The molecule has 0 saturated heterocycles. The third-order valence-corrected chi connectivity index (χ3v) is 2.07. The summed E-state index contributed by atoms with van der Waals surface area (Å²) in [6, 6.07) is 3.98. The maximum atomic E-state index is 3.96. The van der Waals surface area contributed by atoms with Crippen LogP contribution in [0.25, 0.3) is 12.2 Å². The Hall–Kier alpha value is -1.77. The summed E-state index contributed by atoms with van der Waals surface area (Å²) < 4.78 is 0. The van der Waals surface area contributed by atoms with E-state index in [0.717, 1.165) is 16.6 Å². The summed E-state index contributed by atoms with van der Waals surface area (Å²) in [6.07, 6.45) is 6.11. The first-order valence-corrected chi connectivity index (χ1v) is 3.75. The topological polar surface area (TPSA) is 37.1 Å². The Morgan fingerprint density at radius 3 is 3.17 bits per heavy atom. The third-order valence-electron chi connectivity index (χ3n) is 2.07. The van der Waals surface area contributed by atoms with E-state index < -0.39 is 0 Å². The Morgan fingerprint density at radius 1 is 1.17 bits per heavy atom. The van der Waals surface area contributed by atoms with Gasteiger partial charge in [0.15, 0.2) is 0 Å². The molecule has 1 aliphatic heterocycles. The highest BCUT2D eigenvalue weighted by Crippen LogP contribution is 2.17. The lowest BCUT2D eigenvalue weighted by atomic mass is 10.1. The van der Waals surface area contributed by atoms with Crippen molar-refractivity contribution >= 4 is 17.8 Å². The maximum Gasteiger partial charge on any atom is 0.123 e. The molecule has 0 radical (unpaired) electrons. The van der Waals surface area contributed by atoms with E-state index in [1.54, 1.807) is 0 Å². The van der Waals surface area contributed by atoms with Gasteiger partial charge < -0.3 is 0 Å². The smallest absolute Gasteiger partial charge is 0.123 e. The van der Waals surface area contributed by atoms with Crippen molar-refractivity contribution in [1.82, 2.24) is 0 Å². The van der Waals surface area contributed by atoms with E-state index in [1.807, 2.05) is 24.3 Å². The average Bonchev–Trinajstić information content (AvgIpc) is 2.71. The first-order chi connectivity index (χ1) is 5.95. The molecule has 1 aliphatic carbocycles. The van der Waals surface area contributed by atoms with Crippen LogP contribution in [0.4, 0.5) is 5.69 Å². The minimum Gasteiger partial charge on any atom is -0.128 e. The van der Waals surface area contributed by atoms with Crippen molar-refractivity contribution in [3.8, 4) is 0 Å². The fourth-order valence-electron chi connectivity index (χ4n) is 1.48. The molecule has 3 rings (SSSR count). The van der Waals surface area contributed by atoms with E-state index in [9.17, 15) is 0 Å². The number of rotatable bonds is 0. The van der Waals surface area contributed by atoms with Crippen molar-refractivity contribution in [2.45, 2.75) is 0 Å². The van der Waals surface area contributed by atoms with Crippen LogP contribution < -0.4 is 10.6 Å². The van der Waals surface area contributed by atoms with Crippen molar-refractivity contribution in [3.63, 3.8) is 0 Å². The molecule has 0 saturated carbocycles. The van der Waals surface area contributed by atoms with Gasteiger partial charge in [0.25, 0.3) is 0 Å². The van der Waals surface area contributed by atoms with Crippen molar-refractivity contribution in [2.75, 3.05) is 0 Å². The molecule has 1 aromatic carbocycles. The fourth-order valence-corrected chi connectivity index (χ4v) is 1.48. The number of nitrogens with zero attached hydrogens (tertiary/aromatic N) is 3. The molecule has 3 nitrogen and oxygen atoms in total. The van der Waals surface area contributed by atoms with Crippen LogP contribution in [0.3, 0.4) is 0 Å². The lowest BCUT2D eigenvalue weighted by Gasteiger charge is -1.92. The first kappa shape index (κ1) is 5.83. The molecule has 0 spiro atoms. The molecular weight excluding hydrogens is 150 g/mol. The molecule has 0 bridgehead atoms. The summed E-state index contributed by atoms with van der Waals surface area (Å²) in [5.74, 6) is 0. The van der Waals surface area contributed by atoms with E-state index in [0.29, 0.717) is 0 Å². The highest BCUT2D eigenvalue weighted by molar-refractivity contribution is 5.74. The summed E-state index contributed by atoms with van der Waals surface area (Å²) in [5, 5.41) is 13.5. The van der Waals surface area contributed by atoms with Crippen molar-refractivity contribution < 1.29 is 0 Å². The van der Waals surface area contributed by atoms with Crippen molar-refractivity contribution in [2.24, 2.45) is 15.4 Å². The molecule has 3 heteroatoms. The first-order valence-electron chi connectivity index (χ1n) is 3.75. The van der Waals surface area contributed by atoms with Gasteiger partial charge in [0.2, 0.25) is 0 Å². The van der Waals surface area contributed by atoms with Crippen LogP contribution in [0.2, 0.25) is 0 Å². The Morgan fingerprint density at radius 2 is 2.17 bits per heavy atom. The molecule has 12 heavy (non-hydrogen) atoms. The lowest BCUT2D eigenvalue weighted by Crippen LogP contribution is -2.09. The second-order valence-corrected chi connectivity index (χ2v) is 2.75. The number of hydrogen-bond acceptors (Lipinski definition) is 3. The second-order valence-electron chi connectivity index (χ2n) is 2.75. The van der Waals surface area contributed by atoms with Crippen LogP contribution in [-0.4, -0.2) is 0 Å². The van der Waals surface area contributed by atoms with Crippen LogP contribution in [0.5, 0.6) is 0 Å². The van der Waals surface area contributed by atoms with Gasteiger partial charge in [-0.25, -0.2) is 0 Å². The molecule has 0 aromatic heterocycles. The molecule has 0 amide bonds. The molecule has 0 unspecified atom stereocenters. The van der Waals surface area contributed by atoms with Gasteiger partial charge in [-0.3, -0.25) is 0 Å².